The lowest BCUT2D eigenvalue weighted by atomic mass is 10.2. The molecule has 2 heterocycles. The van der Waals surface area contributed by atoms with Gasteiger partial charge in [0.2, 0.25) is 0 Å². The molecular formula is C13H6ClF3N2O3S2. The van der Waals surface area contributed by atoms with Crippen LogP contribution in [0.4, 0.5) is 13.2 Å². The number of thiazole rings is 1. The first-order valence-corrected chi connectivity index (χ1v) is 8.48. The molecule has 0 radical (unpaired) electrons. The second-order valence-corrected chi connectivity index (χ2v) is 6.98. The zero-order valence-corrected chi connectivity index (χ0v) is 13.8. The zero-order valence-electron chi connectivity index (χ0n) is 11.4. The van der Waals surface area contributed by atoms with Gasteiger partial charge in [-0.25, -0.2) is 13.8 Å². The van der Waals surface area contributed by atoms with E-state index in [1.54, 1.807) is 0 Å². The molecule has 1 N–H and O–H groups in total. The Balaban J connectivity index is 2.22. The van der Waals surface area contributed by atoms with Gasteiger partial charge in [-0.2, -0.15) is 13.2 Å². The second kappa shape index (κ2) is 5.96. The van der Waals surface area contributed by atoms with E-state index in [1.807, 2.05) is 0 Å². The fourth-order valence-corrected chi connectivity index (χ4v) is 3.70. The molecule has 1 atom stereocenters. The predicted molar refractivity (Wildman–Crippen MR) is 84.3 cm³/mol. The van der Waals surface area contributed by atoms with E-state index in [-0.39, 0.29) is 15.7 Å². The van der Waals surface area contributed by atoms with E-state index in [0.717, 1.165) is 15.9 Å². The third-order valence-corrected chi connectivity index (χ3v) is 4.95. The summed E-state index contributed by atoms with van der Waals surface area (Å²) in [7, 11) is 0. The molecular weight excluding hydrogens is 389 g/mol. The fourth-order valence-electron chi connectivity index (χ4n) is 2.06. The lowest BCUT2D eigenvalue weighted by molar-refractivity contribution is -0.137. The Morgan fingerprint density at radius 2 is 2.00 bits per heavy atom. The van der Waals surface area contributed by atoms with Gasteiger partial charge in [0.25, 0.3) is 0 Å². The summed E-state index contributed by atoms with van der Waals surface area (Å²) in [5.41, 5.74) is -0.699. The molecule has 0 bridgehead atoms. The van der Waals surface area contributed by atoms with E-state index in [0.29, 0.717) is 22.5 Å². The Morgan fingerprint density at radius 3 is 2.58 bits per heavy atom. The van der Waals surface area contributed by atoms with Gasteiger partial charge in [-0.15, -0.1) is 0 Å². The van der Waals surface area contributed by atoms with Gasteiger partial charge in [0.05, 0.1) is 25.7 Å². The highest BCUT2D eigenvalue weighted by molar-refractivity contribution is 7.79. The van der Waals surface area contributed by atoms with Crippen LogP contribution >= 0.6 is 22.9 Å². The molecule has 3 rings (SSSR count). The first kappa shape index (κ1) is 17.1. The van der Waals surface area contributed by atoms with Crippen molar-refractivity contribution in [3.05, 3.63) is 50.7 Å². The first-order chi connectivity index (χ1) is 11.2. The highest BCUT2D eigenvalue weighted by atomic mass is 35.5. The van der Waals surface area contributed by atoms with Crippen LogP contribution in [0.1, 0.15) is 5.56 Å². The van der Waals surface area contributed by atoms with Crippen LogP contribution in [0.2, 0.25) is 5.02 Å². The quantitative estimate of drug-likeness (QED) is 0.673. The lowest BCUT2D eigenvalue weighted by Crippen LogP contribution is -2.14. The molecule has 0 spiro atoms. The maximum Gasteiger partial charge on any atom is 0.417 e. The Hall–Kier alpha value is -1.75. The summed E-state index contributed by atoms with van der Waals surface area (Å²) in [6.07, 6.45) is -4.01. The van der Waals surface area contributed by atoms with Crippen molar-refractivity contribution in [1.82, 2.24) is 9.55 Å². The van der Waals surface area contributed by atoms with Crippen molar-refractivity contribution >= 4 is 44.2 Å². The minimum absolute atomic E-state index is 0.0994. The molecule has 0 saturated carbocycles. The molecule has 3 aromatic rings. The van der Waals surface area contributed by atoms with E-state index in [2.05, 4.69) is 4.98 Å². The number of pyridine rings is 1. The van der Waals surface area contributed by atoms with E-state index in [1.165, 1.54) is 18.2 Å². The van der Waals surface area contributed by atoms with Gasteiger partial charge < -0.3 is 4.55 Å². The number of halogens is 4. The van der Waals surface area contributed by atoms with Crippen LogP contribution in [-0.4, -0.2) is 18.3 Å². The van der Waals surface area contributed by atoms with E-state index >= 15 is 0 Å². The molecule has 11 heteroatoms. The Bertz CT molecular complexity index is 1030. The smallest absolute Gasteiger partial charge is 0.302 e. The summed E-state index contributed by atoms with van der Waals surface area (Å²) >= 11 is 4.42. The van der Waals surface area contributed by atoms with Crippen molar-refractivity contribution in [2.75, 3.05) is 0 Å². The maximum absolute atomic E-state index is 12.7. The lowest BCUT2D eigenvalue weighted by Gasteiger charge is -2.10. The highest BCUT2D eigenvalue weighted by Gasteiger charge is 2.32. The number of benzene rings is 1. The number of hydrogen-bond acceptors (Lipinski definition) is 4. The number of fused-ring (bicyclic) bond motifs is 1. The molecule has 5 nitrogen and oxygen atoms in total. The van der Waals surface area contributed by atoms with Crippen molar-refractivity contribution < 1.29 is 21.9 Å². The standard InChI is InChI=1S/C13H6ClF3N2O3S2/c14-8-3-6(13(15,16)17)5-18-11(8)19-9-2-1-7(24(21)22)4-10(9)23-12(19)20/h1-5H,(H,21,22). The number of aromatic nitrogens is 2. The Labute approximate surface area is 143 Å². The number of rotatable bonds is 2. The molecule has 1 aromatic carbocycles. The van der Waals surface area contributed by atoms with Gasteiger partial charge in [-0.1, -0.05) is 22.9 Å². The monoisotopic (exact) mass is 394 g/mol. The summed E-state index contributed by atoms with van der Waals surface area (Å²) in [4.78, 5) is 15.4. The van der Waals surface area contributed by atoms with Crippen LogP contribution in [0.25, 0.3) is 16.0 Å². The summed E-state index contributed by atoms with van der Waals surface area (Å²) in [5, 5.41) is -0.332. The van der Waals surface area contributed by atoms with Crippen molar-refractivity contribution in [3.8, 4) is 5.82 Å². The molecule has 0 saturated heterocycles. The summed E-state index contributed by atoms with van der Waals surface area (Å²) in [6, 6.07) is 4.79. The van der Waals surface area contributed by atoms with Gasteiger partial charge >= 0.3 is 11.0 Å². The normalized spacial score (nSPS) is 13.4. The van der Waals surface area contributed by atoms with Gasteiger partial charge in [0.15, 0.2) is 16.9 Å². The van der Waals surface area contributed by atoms with Gasteiger partial charge in [-0.05, 0) is 24.3 Å². The number of hydrogen-bond donors (Lipinski definition) is 1. The number of nitrogens with zero attached hydrogens (tertiary/aromatic N) is 2. The van der Waals surface area contributed by atoms with Gasteiger partial charge in [0.1, 0.15) is 0 Å². The molecule has 0 aliphatic rings. The SMILES string of the molecule is O=c1sc2cc(S(=O)O)ccc2n1-c1ncc(C(F)(F)F)cc1Cl. The van der Waals surface area contributed by atoms with Crippen LogP contribution in [0.5, 0.6) is 0 Å². The van der Waals surface area contributed by atoms with Gasteiger partial charge in [-0.3, -0.25) is 4.79 Å². The van der Waals surface area contributed by atoms with Gasteiger partial charge in [0, 0.05) is 6.20 Å². The average Bonchev–Trinajstić information content (AvgIpc) is 2.81. The van der Waals surface area contributed by atoms with Crippen LogP contribution < -0.4 is 4.87 Å². The fraction of sp³-hybridized carbons (Fsp3) is 0.0769. The van der Waals surface area contributed by atoms with Crippen molar-refractivity contribution in [2.24, 2.45) is 0 Å². The molecule has 126 valence electrons. The maximum atomic E-state index is 12.7. The van der Waals surface area contributed by atoms with Crippen molar-refractivity contribution in [3.63, 3.8) is 0 Å². The summed E-state index contributed by atoms with van der Waals surface area (Å²) in [5.74, 6) is -0.140. The number of alkyl halides is 3. The van der Waals surface area contributed by atoms with Crippen LogP contribution in [0, 0.1) is 0 Å². The molecule has 24 heavy (non-hydrogen) atoms. The second-order valence-electron chi connectivity index (χ2n) is 4.61. The van der Waals surface area contributed by atoms with Crippen molar-refractivity contribution in [2.45, 2.75) is 11.1 Å². The predicted octanol–water partition coefficient (Wildman–Crippen LogP) is 3.70. The topological polar surface area (TPSA) is 72.2 Å². The summed E-state index contributed by atoms with van der Waals surface area (Å²) in [6.45, 7) is 0. The zero-order chi connectivity index (χ0) is 17.6. The first-order valence-electron chi connectivity index (χ1n) is 6.18. The molecule has 0 amide bonds. The molecule has 1 unspecified atom stereocenters. The van der Waals surface area contributed by atoms with E-state index < -0.39 is 27.7 Å². The summed E-state index contributed by atoms with van der Waals surface area (Å²) < 4.78 is 59.6. The largest absolute Gasteiger partial charge is 0.417 e. The average molecular weight is 395 g/mol. The van der Waals surface area contributed by atoms with Crippen LogP contribution in [0.15, 0.2) is 40.2 Å². The third kappa shape index (κ3) is 2.97. The molecule has 0 aliphatic heterocycles. The van der Waals surface area contributed by atoms with E-state index in [9.17, 15) is 22.2 Å². The minimum atomic E-state index is -4.60. The molecule has 0 fully saturated rings. The Morgan fingerprint density at radius 1 is 1.29 bits per heavy atom. The molecule has 0 aliphatic carbocycles. The minimum Gasteiger partial charge on any atom is -0.302 e. The highest BCUT2D eigenvalue weighted by Crippen LogP contribution is 2.33. The van der Waals surface area contributed by atoms with E-state index in [4.69, 9.17) is 16.2 Å². The van der Waals surface area contributed by atoms with Crippen LogP contribution in [0.3, 0.4) is 0 Å². The van der Waals surface area contributed by atoms with Crippen LogP contribution in [-0.2, 0) is 17.3 Å². The molecule has 2 aromatic heterocycles. The third-order valence-electron chi connectivity index (χ3n) is 3.11. The van der Waals surface area contributed by atoms with Crippen molar-refractivity contribution in [1.29, 1.82) is 0 Å². The Kier molecular flexibility index (Phi) is 4.24.